The van der Waals surface area contributed by atoms with Gasteiger partial charge < -0.3 is 4.74 Å². The molecule has 112 valence electrons. The Balaban J connectivity index is 1.91. The molecule has 0 bridgehead atoms. The van der Waals surface area contributed by atoms with Crippen LogP contribution in [0.1, 0.15) is 24.5 Å². The van der Waals surface area contributed by atoms with Crippen LogP contribution in [-0.2, 0) is 13.0 Å². The fourth-order valence-corrected chi connectivity index (χ4v) is 2.51. The van der Waals surface area contributed by atoms with Crippen LogP contribution in [0.4, 0.5) is 0 Å². The van der Waals surface area contributed by atoms with Gasteiger partial charge in [-0.2, -0.15) is 0 Å². The Hall–Kier alpha value is -1.80. The third kappa shape index (κ3) is 5.24. The summed E-state index contributed by atoms with van der Waals surface area (Å²) in [6, 6.07) is 19.1. The zero-order valence-corrected chi connectivity index (χ0v) is 13.1. The lowest BCUT2D eigenvalue weighted by molar-refractivity contribution is 0.269. The van der Waals surface area contributed by atoms with Crippen LogP contribution in [0.3, 0.4) is 0 Å². The fraction of sp³-hybridized carbons (Fsp3) is 0.368. The minimum absolute atomic E-state index is 0.921. The molecule has 2 nitrogen and oxygen atoms in total. The van der Waals surface area contributed by atoms with Gasteiger partial charge in [0.2, 0.25) is 0 Å². The highest BCUT2D eigenvalue weighted by Crippen LogP contribution is 2.13. The third-order valence-corrected chi connectivity index (χ3v) is 3.66. The monoisotopic (exact) mass is 283 g/mol. The number of benzene rings is 2. The second-order valence-corrected chi connectivity index (χ2v) is 5.36. The second kappa shape index (κ2) is 8.48. The standard InChI is InChI=1S/C19H25NO/c1-3-14-20(15-13-17-7-5-4-6-8-17)16-18-9-11-19(21-2)12-10-18/h4-12H,3,13-16H2,1-2H3. The van der Waals surface area contributed by atoms with Crippen LogP contribution in [0.15, 0.2) is 54.6 Å². The summed E-state index contributed by atoms with van der Waals surface area (Å²) in [6.45, 7) is 5.48. The van der Waals surface area contributed by atoms with E-state index in [0.29, 0.717) is 0 Å². The maximum absolute atomic E-state index is 5.21. The Labute approximate surface area is 128 Å². The average Bonchev–Trinajstić information content (AvgIpc) is 2.54. The van der Waals surface area contributed by atoms with Gasteiger partial charge in [-0.1, -0.05) is 49.4 Å². The van der Waals surface area contributed by atoms with Gasteiger partial charge in [-0.3, -0.25) is 4.90 Å². The van der Waals surface area contributed by atoms with E-state index in [1.165, 1.54) is 17.5 Å². The molecule has 0 spiro atoms. The molecule has 0 aliphatic rings. The summed E-state index contributed by atoms with van der Waals surface area (Å²) in [5.41, 5.74) is 2.76. The maximum atomic E-state index is 5.21. The summed E-state index contributed by atoms with van der Waals surface area (Å²) in [4.78, 5) is 2.52. The zero-order chi connectivity index (χ0) is 14.9. The van der Waals surface area contributed by atoms with Gasteiger partial charge in [0.25, 0.3) is 0 Å². The molecule has 0 saturated carbocycles. The quantitative estimate of drug-likeness (QED) is 0.721. The molecular weight excluding hydrogens is 258 g/mol. The molecule has 2 rings (SSSR count). The third-order valence-electron chi connectivity index (χ3n) is 3.66. The molecule has 0 radical (unpaired) electrons. The van der Waals surface area contributed by atoms with Crippen molar-refractivity contribution >= 4 is 0 Å². The van der Waals surface area contributed by atoms with Crippen molar-refractivity contribution in [2.24, 2.45) is 0 Å². The summed E-state index contributed by atoms with van der Waals surface area (Å²) >= 11 is 0. The first-order valence-corrected chi connectivity index (χ1v) is 7.71. The van der Waals surface area contributed by atoms with E-state index in [9.17, 15) is 0 Å². The van der Waals surface area contributed by atoms with Crippen LogP contribution in [0.25, 0.3) is 0 Å². The van der Waals surface area contributed by atoms with Crippen molar-refractivity contribution < 1.29 is 4.74 Å². The molecule has 0 amide bonds. The average molecular weight is 283 g/mol. The molecule has 2 heteroatoms. The molecule has 0 fully saturated rings. The van der Waals surface area contributed by atoms with Crippen molar-refractivity contribution in [3.05, 3.63) is 65.7 Å². The van der Waals surface area contributed by atoms with Crippen molar-refractivity contribution in [1.29, 1.82) is 0 Å². The minimum atomic E-state index is 0.921. The highest BCUT2D eigenvalue weighted by Gasteiger charge is 2.06. The molecule has 0 heterocycles. The summed E-state index contributed by atoms with van der Waals surface area (Å²) in [6.07, 6.45) is 2.29. The van der Waals surface area contributed by atoms with Crippen molar-refractivity contribution in [3.8, 4) is 5.75 Å². The topological polar surface area (TPSA) is 12.5 Å². The van der Waals surface area contributed by atoms with Crippen molar-refractivity contribution in [3.63, 3.8) is 0 Å². The Bertz CT molecular complexity index is 507. The molecule has 0 aromatic heterocycles. The number of hydrogen-bond acceptors (Lipinski definition) is 2. The van der Waals surface area contributed by atoms with E-state index in [1.807, 2.05) is 12.1 Å². The lowest BCUT2D eigenvalue weighted by Crippen LogP contribution is -2.26. The highest BCUT2D eigenvalue weighted by molar-refractivity contribution is 5.27. The van der Waals surface area contributed by atoms with E-state index in [0.717, 1.165) is 31.8 Å². The van der Waals surface area contributed by atoms with Gasteiger partial charge in [0.15, 0.2) is 0 Å². The molecule has 2 aromatic rings. The second-order valence-electron chi connectivity index (χ2n) is 5.36. The fourth-order valence-electron chi connectivity index (χ4n) is 2.51. The Morgan fingerprint density at radius 1 is 0.857 bits per heavy atom. The van der Waals surface area contributed by atoms with E-state index in [4.69, 9.17) is 4.74 Å². The molecule has 21 heavy (non-hydrogen) atoms. The van der Waals surface area contributed by atoms with Gasteiger partial charge in [-0.05, 0) is 42.6 Å². The Morgan fingerprint density at radius 3 is 2.19 bits per heavy atom. The molecule has 0 unspecified atom stereocenters. The molecule has 0 N–H and O–H groups in total. The normalized spacial score (nSPS) is 10.8. The molecule has 0 aliphatic carbocycles. The molecule has 0 saturated heterocycles. The lowest BCUT2D eigenvalue weighted by Gasteiger charge is -2.22. The molecule has 0 atom stereocenters. The van der Waals surface area contributed by atoms with Gasteiger partial charge in [-0.15, -0.1) is 0 Å². The SMILES string of the molecule is CCCN(CCc1ccccc1)Cc1ccc(OC)cc1. The zero-order valence-electron chi connectivity index (χ0n) is 13.1. The predicted molar refractivity (Wildman–Crippen MR) is 88.7 cm³/mol. The Morgan fingerprint density at radius 2 is 1.57 bits per heavy atom. The van der Waals surface area contributed by atoms with Gasteiger partial charge in [0.1, 0.15) is 5.75 Å². The van der Waals surface area contributed by atoms with Gasteiger partial charge >= 0.3 is 0 Å². The smallest absolute Gasteiger partial charge is 0.118 e. The van der Waals surface area contributed by atoms with Crippen molar-refractivity contribution in [2.75, 3.05) is 20.2 Å². The first kappa shape index (κ1) is 15.6. The van der Waals surface area contributed by atoms with Crippen LogP contribution in [-0.4, -0.2) is 25.1 Å². The summed E-state index contributed by atoms with van der Waals surface area (Å²) in [5.74, 6) is 0.921. The first-order valence-electron chi connectivity index (χ1n) is 7.71. The Kier molecular flexibility index (Phi) is 6.29. The van der Waals surface area contributed by atoms with E-state index < -0.39 is 0 Å². The molecular formula is C19H25NO. The lowest BCUT2D eigenvalue weighted by atomic mass is 10.1. The molecule has 0 aliphatic heterocycles. The van der Waals surface area contributed by atoms with Gasteiger partial charge in [-0.25, -0.2) is 0 Å². The van der Waals surface area contributed by atoms with Crippen LogP contribution < -0.4 is 4.74 Å². The summed E-state index contributed by atoms with van der Waals surface area (Å²) < 4.78 is 5.21. The number of nitrogens with zero attached hydrogens (tertiary/aromatic N) is 1. The van der Waals surface area contributed by atoms with Crippen LogP contribution in [0.5, 0.6) is 5.75 Å². The number of rotatable bonds is 8. The minimum Gasteiger partial charge on any atom is -0.497 e. The van der Waals surface area contributed by atoms with Crippen LogP contribution >= 0.6 is 0 Å². The van der Waals surface area contributed by atoms with Crippen molar-refractivity contribution in [1.82, 2.24) is 4.90 Å². The largest absolute Gasteiger partial charge is 0.497 e. The number of ether oxygens (including phenoxy) is 1. The van der Waals surface area contributed by atoms with E-state index >= 15 is 0 Å². The summed E-state index contributed by atoms with van der Waals surface area (Å²) in [5, 5.41) is 0. The maximum Gasteiger partial charge on any atom is 0.118 e. The van der Waals surface area contributed by atoms with Gasteiger partial charge in [0, 0.05) is 13.1 Å². The van der Waals surface area contributed by atoms with E-state index in [1.54, 1.807) is 7.11 Å². The van der Waals surface area contributed by atoms with E-state index in [-0.39, 0.29) is 0 Å². The first-order chi connectivity index (χ1) is 10.3. The highest BCUT2D eigenvalue weighted by atomic mass is 16.5. The number of methoxy groups -OCH3 is 1. The van der Waals surface area contributed by atoms with E-state index in [2.05, 4.69) is 54.3 Å². The van der Waals surface area contributed by atoms with Crippen LogP contribution in [0.2, 0.25) is 0 Å². The number of hydrogen-bond donors (Lipinski definition) is 0. The van der Waals surface area contributed by atoms with Gasteiger partial charge in [0.05, 0.1) is 7.11 Å². The molecule has 2 aromatic carbocycles. The summed E-state index contributed by atoms with van der Waals surface area (Å²) in [7, 11) is 1.71. The van der Waals surface area contributed by atoms with Crippen molar-refractivity contribution in [2.45, 2.75) is 26.3 Å². The van der Waals surface area contributed by atoms with Crippen LogP contribution in [0, 0.1) is 0 Å². The predicted octanol–water partition coefficient (Wildman–Crippen LogP) is 4.15.